The molecule has 2 unspecified atom stereocenters. The molecule has 1 aliphatic rings. The predicted molar refractivity (Wildman–Crippen MR) is 157 cm³/mol. The summed E-state index contributed by atoms with van der Waals surface area (Å²) in [5.74, 6) is -0.355. The molecule has 39 heavy (non-hydrogen) atoms. The average molecular weight is 514 g/mol. The van der Waals surface area contributed by atoms with Crippen LogP contribution >= 0.6 is 0 Å². The number of nitrogens with zero attached hydrogens (tertiary/aromatic N) is 2. The lowest BCUT2D eigenvalue weighted by atomic mass is 9.92. The molecule has 0 spiro atoms. The zero-order chi connectivity index (χ0) is 27.3. The normalized spacial score (nSPS) is 15.4. The van der Waals surface area contributed by atoms with Crippen molar-refractivity contribution in [2.75, 3.05) is 5.32 Å². The molecular weight excluding hydrogens is 482 g/mol. The van der Waals surface area contributed by atoms with E-state index in [0.717, 1.165) is 38.9 Å². The molecule has 4 aromatic carbocycles. The van der Waals surface area contributed by atoms with Gasteiger partial charge >= 0.3 is 0 Å². The summed E-state index contributed by atoms with van der Waals surface area (Å²) in [5.41, 5.74) is 8.80. The highest BCUT2D eigenvalue weighted by Gasteiger charge is 2.44. The third kappa shape index (κ3) is 4.11. The maximum atomic E-state index is 14.0. The summed E-state index contributed by atoms with van der Waals surface area (Å²) in [6, 6.07) is 31.1. The van der Waals surface area contributed by atoms with Crippen molar-refractivity contribution in [2.45, 2.75) is 32.9 Å². The smallest absolute Gasteiger partial charge is 0.255 e. The van der Waals surface area contributed by atoms with E-state index in [2.05, 4.69) is 60.3 Å². The summed E-state index contributed by atoms with van der Waals surface area (Å²) in [5, 5.41) is 4.09. The Bertz CT molecular complexity index is 1710. The first-order valence-corrected chi connectivity index (χ1v) is 13.3. The predicted octanol–water partition coefficient (Wildman–Crippen LogP) is 7.03. The molecule has 0 fully saturated rings. The zero-order valence-corrected chi connectivity index (χ0v) is 22.6. The summed E-state index contributed by atoms with van der Waals surface area (Å²) >= 11 is 0. The van der Waals surface area contributed by atoms with E-state index in [1.807, 2.05) is 74.5 Å². The Labute approximate surface area is 228 Å². The number of amides is 2. The Hall–Kier alpha value is -4.64. The van der Waals surface area contributed by atoms with Gasteiger partial charge in [0.05, 0.1) is 11.7 Å². The molecule has 1 aliphatic heterocycles. The molecule has 1 aromatic heterocycles. The SMILES string of the molecule is Cc1ccc(NC(=O)C(C)N2C(=O)c3ccccc3C2c2c(-c3ccc(C)cc3)n(C)c3ccccc23)cc1. The van der Waals surface area contributed by atoms with Crippen LogP contribution in [0.3, 0.4) is 0 Å². The summed E-state index contributed by atoms with van der Waals surface area (Å²) in [7, 11) is 2.07. The number of aromatic nitrogens is 1. The van der Waals surface area contributed by atoms with Crippen molar-refractivity contribution >= 4 is 28.4 Å². The Morgan fingerprint density at radius 1 is 0.821 bits per heavy atom. The van der Waals surface area contributed by atoms with Crippen LogP contribution in [-0.2, 0) is 11.8 Å². The number of carbonyl (C=O) groups is 2. The average Bonchev–Trinajstić information content (AvgIpc) is 3.40. The number of hydrogen-bond acceptors (Lipinski definition) is 2. The van der Waals surface area contributed by atoms with Crippen molar-refractivity contribution < 1.29 is 9.59 Å². The summed E-state index contributed by atoms with van der Waals surface area (Å²) < 4.78 is 2.20. The van der Waals surface area contributed by atoms with E-state index in [-0.39, 0.29) is 11.8 Å². The lowest BCUT2D eigenvalue weighted by Crippen LogP contribution is -2.44. The molecule has 5 heteroatoms. The van der Waals surface area contributed by atoms with Crippen LogP contribution < -0.4 is 5.32 Å². The molecule has 0 aliphatic carbocycles. The van der Waals surface area contributed by atoms with E-state index in [9.17, 15) is 9.59 Å². The van der Waals surface area contributed by atoms with Gasteiger partial charge in [0.25, 0.3) is 5.91 Å². The van der Waals surface area contributed by atoms with Crippen LogP contribution in [0.1, 0.15) is 45.6 Å². The minimum absolute atomic E-state index is 0.134. The molecule has 2 heterocycles. The standard InChI is InChI=1S/C34H31N3O2/c1-21-13-17-24(18-14-21)31-30(28-11-7-8-12-29(28)36(31)4)32-26-9-5-6-10-27(26)34(39)37(32)23(3)33(38)35-25-19-15-22(2)16-20-25/h5-20,23,32H,1-4H3,(H,35,38). The topological polar surface area (TPSA) is 54.3 Å². The van der Waals surface area contributed by atoms with Crippen molar-refractivity contribution in [1.29, 1.82) is 0 Å². The molecular formula is C34H31N3O2. The van der Waals surface area contributed by atoms with Crippen molar-refractivity contribution in [3.63, 3.8) is 0 Å². The number of para-hydroxylation sites is 1. The number of rotatable bonds is 5. The van der Waals surface area contributed by atoms with E-state index in [1.54, 1.807) is 4.90 Å². The molecule has 5 aromatic rings. The lowest BCUT2D eigenvalue weighted by molar-refractivity contribution is -0.120. The third-order valence-corrected chi connectivity index (χ3v) is 7.86. The van der Waals surface area contributed by atoms with Crippen LogP contribution in [-0.4, -0.2) is 27.3 Å². The van der Waals surface area contributed by atoms with Crippen LogP contribution in [0.2, 0.25) is 0 Å². The van der Waals surface area contributed by atoms with Crippen molar-refractivity contribution in [3.8, 4) is 11.3 Å². The van der Waals surface area contributed by atoms with Gasteiger partial charge in [-0.1, -0.05) is 83.9 Å². The van der Waals surface area contributed by atoms with Crippen molar-refractivity contribution in [2.24, 2.45) is 7.05 Å². The van der Waals surface area contributed by atoms with Gasteiger partial charge < -0.3 is 14.8 Å². The lowest BCUT2D eigenvalue weighted by Gasteiger charge is -2.31. The van der Waals surface area contributed by atoms with Crippen LogP contribution in [0.25, 0.3) is 22.2 Å². The molecule has 1 N–H and O–H groups in total. The first-order valence-electron chi connectivity index (χ1n) is 13.3. The van der Waals surface area contributed by atoms with Gasteiger partial charge in [0.15, 0.2) is 0 Å². The molecule has 5 nitrogen and oxygen atoms in total. The summed E-state index contributed by atoms with van der Waals surface area (Å²) in [6.45, 7) is 5.90. The quantitative estimate of drug-likeness (QED) is 0.274. The molecule has 2 atom stereocenters. The first-order chi connectivity index (χ1) is 18.8. The molecule has 194 valence electrons. The monoisotopic (exact) mass is 513 g/mol. The summed E-state index contributed by atoms with van der Waals surface area (Å²) in [6.07, 6.45) is 0. The highest BCUT2D eigenvalue weighted by Crippen LogP contribution is 2.47. The maximum absolute atomic E-state index is 14.0. The van der Waals surface area contributed by atoms with E-state index in [4.69, 9.17) is 0 Å². The zero-order valence-electron chi connectivity index (χ0n) is 22.6. The highest BCUT2D eigenvalue weighted by atomic mass is 16.2. The fourth-order valence-electron chi connectivity index (χ4n) is 5.80. The number of anilines is 1. The number of benzene rings is 4. The van der Waals surface area contributed by atoms with Gasteiger partial charge in [0.1, 0.15) is 6.04 Å². The highest BCUT2D eigenvalue weighted by molar-refractivity contribution is 6.06. The first kappa shape index (κ1) is 24.7. The molecule has 6 rings (SSSR count). The number of hydrogen-bond donors (Lipinski definition) is 1. The molecule has 0 bridgehead atoms. The van der Waals surface area contributed by atoms with E-state index in [0.29, 0.717) is 11.3 Å². The maximum Gasteiger partial charge on any atom is 0.255 e. The Morgan fingerprint density at radius 3 is 2.15 bits per heavy atom. The van der Waals surface area contributed by atoms with Crippen LogP contribution in [0.5, 0.6) is 0 Å². The van der Waals surface area contributed by atoms with Gasteiger partial charge in [-0.3, -0.25) is 9.59 Å². The Kier molecular flexibility index (Phi) is 6.07. The van der Waals surface area contributed by atoms with Gasteiger partial charge in [-0.15, -0.1) is 0 Å². The second-order valence-corrected chi connectivity index (χ2v) is 10.4. The van der Waals surface area contributed by atoms with Gasteiger partial charge in [-0.05, 0) is 56.2 Å². The molecule has 0 saturated heterocycles. The van der Waals surface area contributed by atoms with Crippen molar-refractivity contribution in [3.05, 3.63) is 125 Å². The molecule has 2 amide bonds. The van der Waals surface area contributed by atoms with E-state index >= 15 is 0 Å². The van der Waals surface area contributed by atoms with Gasteiger partial charge in [0.2, 0.25) is 5.91 Å². The van der Waals surface area contributed by atoms with E-state index in [1.165, 1.54) is 5.56 Å². The number of carbonyl (C=O) groups excluding carboxylic acids is 2. The molecule has 0 saturated carbocycles. The number of aryl methyl sites for hydroxylation is 3. The number of fused-ring (bicyclic) bond motifs is 2. The Balaban J connectivity index is 1.53. The molecule has 0 radical (unpaired) electrons. The van der Waals surface area contributed by atoms with Gasteiger partial charge in [-0.25, -0.2) is 0 Å². The minimum Gasteiger partial charge on any atom is -0.343 e. The van der Waals surface area contributed by atoms with Gasteiger partial charge in [0, 0.05) is 34.8 Å². The Morgan fingerprint density at radius 2 is 1.44 bits per heavy atom. The van der Waals surface area contributed by atoms with E-state index < -0.39 is 12.1 Å². The summed E-state index contributed by atoms with van der Waals surface area (Å²) in [4.78, 5) is 29.4. The van der Waals surface area contributed by atoms with Crippen LogP contribution in [0.15, 0.2) is 97.1 Å². The van der Waals surface area contributed by atoms with Crippen LogP contribution in [0.4, 0.5) is 5.69 Å². The minimum atomic E-state index is -0.707. The van der Waals surface area contributed by atoms with Gasteiger partial charge in [-0.2, -0.15) is 0 Å². The fourth-order valence-corrected chi connectivity index (χ4v) is 5.80. The van der Waals surface area contributed by atoms with Crippen LogP contribution in [0, 0.1) is 13.8 Å². The third-order valence-electron chi connectivity index (χ3n) is 7.86. The second kappa shape index (κ2) is 9.59. The second-order valence-electron chi connectivity index (χ2n) is 10.4. The fraction of sp³-hybridized carbons (Fsp3) is 0.176. The number of nitrogens with one attached hydrogen (secondary N) is 1. The van der Waals surface area contributed by atoms with Crippen molar-refractivity contribution in [1.82, 2.24) is 9.47 Å². The largest absolute Gasteiger partial charge is 0.343 e.